The zero-order valence-electron chi connectivity index (χ0n) is 23.9. The van der Waals surface area contributed by atoms with E-state index in [2.05, 4.69) is 25.9 Å². The molecule has 2 heterocycles. The quantitative estimate of drug-likeness (QED) is 0.211. The third kappa shape index (κ3) is 6.26. The summed E-state index contributed by atoms with van der Waals surface area (Å²) in [4.78, 5) is 48.4. The maximum atomic E-state index is 15.0. The molecule has 0 saturated heterocycles. The Bertz CT molecular complexity index is 1720. The van der Waals surface area contributed by atoms with E-state index in [0.717, 1.165) is 33.1 Å². The average Bonchev–Trinajstić information content (AvgIpc) is 3.01. The molecule has 0 aliphatic carbocycles. The van der Waals surface area contributed by atoms with Gasteiger partial charge < -0.3 is 26.0 Å². The van der Waals surface area contributed by atoms with E-state index in [9.17, 15) is 28.3 Å². The molecular weight excluding hydrogens is 572 g/mol. The summed E-state index contributed by atoms with van der Waals surface area (Å²) in [7, 11) is 1.40. The zero-order chi connectivity index (χ0) is 31.4. The number of nitrogens with one attached hydrogen (secondary N) is 3. The molecule has 0 unspecified atom stereocenters. The molecule has 0 saturated carbocycles. The summed E-state index contributed by atoms with van der Waals surface area (Å²) in [6.45, 7) is 2.26. The van der Waals surface area contributed by atoms with Crippen LogP contribution < -0.4 is 20.9 Å². The molecular formula is C31H29F2N7O4. The van der Waals surface area contributed by atoms with Gasteiger partial charge in [-0.05, 0) is 42.3 Å². The second kappa shape index (κ2) is 12.7. The Hall–Kier alpha value is -5.59. The van der Waals surface area contributed by atoms with Crippen molar-refractivity contribution in [2.45, 2.75) is 20.0 Å². The van der Waals surface area contributed by atoms with Crippen LogP contribution in [-0.4, -0.2) is 58.1 Å². The van der Waals surface area contributed by atoms with Crippen molar-refractivity contribution in [3.8, 4) is 11.3 Å². The van der Waals surface area contributed by atoms with Gasteiger partial charge in [-0.25, -0.2) is 28.3 Å². The van der Waals surface area contributed by atoms with E-state index in [1.165, 1.54) is 13.1 Å². The second-order valence-electron chi connectivity index (χ2n) is 10.1. The molecule has 226 valence electrons. The zero-order valence-corrected chi connectivity index (χ0v) is 23.9. The minimum absolute atomic E-state index is 0.00711. The Morgan fingerprint density at radius 2 is 1.77 bits per heavy atom. The van der Waals surface area contributed by atoms with Crippen molar-refractivity contribution in [1.82, 2.24) is 25.5 Å². The smallest absolute Gasteiger partial charge is 0.407 e. The number of fused-ring (bicyclic) bond motifs is 1. The van der Waals surface area contributed by atoms with E-state index in [0.29, 0.717) is 28.9 Å². The van der Waals surface area contributed by atoms with E-state index in [1.807, 2.05) is 37.3 Å². The fourth-order valence-electron chi connectivity index (χ4n) is 4.70. The topological polar surface area (TPSA) is 140 Å². The van der Waals surface area contributed by atoms with E-state index < -0.39 is 29.4 Å². The van der Waals surface area contributed by atoms with Crippen molar-refractivity contribution in [2.24, 2.45) is 0 Å². The molecule has 11 nitrogen and oxygen atoms in total. The minimum atomic E-state index is -1.13. The fourth-order valence-corrected chi connectivity index (χ4v) is 4.70. The summed E-state index contributed by atoms with van der Waals surface area (Å²) in [5, 5.41) is 17.7. The molecule has 4 N–H and O–H groups in total. The average molecular weight is 602 g/mol. The molecule has 3 aromatic carbocycles. The summed E-state index contributed by atoms with van der Waals surface area (Å²) in [6, 6.07) is 17.0. The molecule has 4 aromatic rings. The van der Waals surface area contributed by atoms with Gasteiger partial charge >= 0.3 is 12.1 Å². The second-order valence-corrected chi connectivity index (χ2v) is 10.1. The van der Waals surface area contributed by atoms with Gasteiger partial charge in [0.1, 0.15) is 17.3 Å². The van der Waals surface area contributed by atoms with Gasteiger partial charge in [0.2, 0.25) is 5.95 Å². The Kier molecular flexibility index (Phi) is 8.65. The molecule has 1 aliphatic heterocycles. The molecule has 0 bridgehead atoms. The first kappa shape index (κ1) is 29.9. The predicted molar refractivity (Wildman–Crippen MR) is 160 cm³/mol. The van der Waals surface area contributed by atoms with Gasteiger partial charge in [0.25, 0.3) is 5.91 Å². The number of likely N-dealkylation sites (N-methyl/N-ethyl adjacent to an activating group) is 1. The van der Waals surface area contributed by atoms with Gasteiger partial charge in [-0.3, -0.25) is 4.79 Å². The van der Waals surface area contributed by atoms with Crippen LogP contribution in [0, 0.1) is 18.6 Å². The Morgan fingerprint density at radius 3 is 2.48 bits per heavy atom. The molecule has 0 atom stereocenters. The number of nitrogens with zero attached hydrogens (tertiary/aromatic N) is 4. The predicted octanol–water partition coefficient (Wildman–Crippen LogP) is 5.04. The maximum absolute atomic E-state index is 15.0. The lowest BCUT2D eigenvalue weighted by atomic mass is 9.97. The summed E-state index contributed by atoms with van der Waals surface area (Å²) < 4.78 is 29.9. The number of aryl methyl sites for hydroxylation is 1. The van der Waals surface area contributed by atoms with Gasteiger partial charge in [-0.15, -0.1) is 0 Å². The van der Waals surface area contributed by atoms with Crippen LogP contribution in [0.15, 0.2) is 66.7 Å². The number of carbonyl (C=O) groups is 3. The van der Waals surface area contributed by atoms with Crippen molar-refractivity contribution in [2.75, 3.05) is 30.4 Å². The van der Waals surface area contributed by atoms with Gasteiger partial charge in [0.15, 0.2) is 5.82 Å². The van der Waals surface area contributed by atoms with Crippen molar-refractivity contribution in [3.05, 3.63) is 101 Å². The first-order valence-electron chi connectivity index (χ1n) is 13.7. The number of carbonyl (C=O) groups excluding carboxylic acids is 2. The van der Waals surface area contributed by atoms with Crippen LogP contribution in [0.25, 0.3) is 11.3 Å². The van der Waals surface area contributed by atoms with Crippen LogP contribution in [0.1, 0.15) is 27.0 Å². The SMILES string of the molecule is Cc1ccc(C(=O)NCc2ccccc2)cc1-c1nc(NCCN(C)C(=O)O)nc2c1CNC(=O)N2c1c(F)cccc1F. The third-order valence-electron chi connectivity index (χ3n) is 7.09. The van der Waals surface area contributed by atoms with Gasteiger partial charge in [-0.1, -0.05) is 42.5 Å². The molecule has 1 aliphatic rings. The number of rotatable bonds is 9. The summed E-state index contributed by atoms with van der Waals surface area (Å²) in [5.41, 5.74) is 2.63. The van der Waals surface area contributed by atoms with Crippen LogP contribution >= 0.6 is 0 Å². The fraction of sp³-hybridized carbons (Fsp3) is 0.194. The molecule has 5 rings (SSSR count). The number of carboxylic acid groups (broad SMARTS) is 1. The summed E-state index contributed by atoms with van der Waals surface area (Å²) >= 11 is 0. The number of anilines is 3. The van der Waals surface area contributed by atoms with Crippen LogP contribution in [0.2, 0.25) is 0 Å². The molecule has 13 heteroatoms. The van der Waals surface area contributed by atoms with Crippen LogP contribution in [-0.2, 0) is 13.1 Å². The molecule has 0 fully saturated rings. The van der Waals surface area contributed by atoms with E-state index >= 15 is 0 Å². The Balaban J connectivity index is 1.58. The number of aromatic nitrogens is 2. The molecule has 1 aromatic heterocycles. The highest BCUT2D eigenvalue weighted by Crippen LogP contribution is 2.39. The van der Waals surface area contributed by atoms with Crippen LogP contribution in [0.5, 0.6) is 0 Å². The normalized spacial score (nSPS) is 12.3. The first-order chi connectivity index (χ1) is 21.1. The van der Waals surface area contributed by atoms with Crippen LogP contribution in [0.4, 0.5) is 35.8 Å². The molecule has 44 heavy (non-hydrogen) atoms. The maximum Gasteiger partial charge on any atom is 0.407 e. The number of urea groups is 1. The summed E-state index contributed by atoms with van der Waals surface area (Å²) in [5.74, 6) is -2.34. The number of benzene rings is 3. The van der Waals surface area contributed by atoms with Crippen molar-refractivity contribution in [3.63, 3.8) is 0 Å². The van der Waals surface area contributed by atoms with Gasteiger partial charge in [0.05, 0.1) is 12.2 Å². The highest BCUT2D eigenvalue weighted by atomic mass is 19.1. The summed E-state index contributed by atoms with van der Waals surface area (Å²) in [6.07, 6.45) is -1.13. The van der Waals surface area contributed by atoms with Crippen molar-refractivity contribution >= 4 is 35.5 Å². The highest BCUT2D eigenvalue weighted by Gasteiger charge is 2.34. The minimum Gasteiger partial charge on any atom is -0.465 e. The number of hydrogen-bond acceptors (Lipinski definition) is 6. The molecule has 0 radical (unpaired) electrons. The highest BCUT2D eigenvalue weighted by molar-refractivity contribution is 6.02. The molecule has 4 amide bonds. The van der Waals surface area contributed by atoms with E-state index in [4.69, 9.17) is 0 Å². The number of para-hydroxylation sites is 1. The van der Waals surface area contributed by atoms with Crippen LogP contribution in [0.3, 0.4) is 0 Å². The number of hydrogen-bond donors (Lipinski definition) is 4. The Labute approximate surface area is 251 Å². The largest absolute Gasteiger partial charge is 0.465 e. The van der Waals surface area contributed by atoms with E-state index in [1.54, 1.807) is 18.2 Å². The standard InChI is InChI=1S/C31H29F2N7O4/c1-18-11-12-20(28(41)35-16-19-7-4-3-5-8-19)15-21(18)25-22-17-36-30(42)40(26-23(32)9-6-10-24(26)33)27(22)38-29(37-25)34-13-14-39(2)31(43)44/h3-12,15H,13-14,16-17H2,1-2H3,(H,35,41)(H,36,42)(H,43,44)(H,34,37,38). The van der Waals surface area contributed by atoms with Gasteiger partial charge in [-0.2, -0.15) is 4.98 Å². The lowest BCUT2D eigenvalue weighted by molar-refractivity contribution is 0.0950. The molecule has 0 spiro atoms. The monoisotopic (exact) mass is 601 g/mol. The van der Waals surface area contributed by atoms with Gasteiger partial charge in [0, 0.05) is 43.4 Å². The number of halogens is 2. The van der Waals surface area contributed by atoms with E-state index in [-0.39, 0.29) is 37.3 Å². The Morgan fingerprint density at radius 1 is 1.05 bits per heavy atom. The third-order valence-corrected chi connectivity index (χ3v) is 7.09. The lowest BCUT2D eigenvalue weighted by Crippen LogP contribution is -2.43. The number of amides is 4. The van der Waals surface area contributed by atoms with Crippen molar-refractivity contribution in [1.29, 1.82) is 0 Å². The van der Waals surface area contributed by atoms with Crippen molar-refractivity contribution < 1.29 is 28.3 Å². The first-order valence-corrected chi connectivity index (χ1v) is 13.7. The lowest BCUT2D eigenvalue weighted by Gasteiger charge is -2.31.